The second kappa shape index (κ2) is 30.6. The zero-order chi connectivity index (χ0) is 65.7. The molecule has 0 spiro atoms. The fourth-order valence-corrected chi connectivity index (χ4v) is 12.6. The zero-order valence-electron chi connectivity index (χ0n) is 55.8. The Bertz CT molecular complexity index is 3310. The highest BCUT2D eigenvalue weighted by atomic mass is 16.5. The monoisotopic (exact) mass is 1240 g/mol. The number of rotatable bonds is 4. The predicted molar refractivity (Wildman–Crippen MR) is 357 cm³/mol. The summed E-state index contributed by atoms with van der Waals surface area (Å²) in [5.74, 6) is -0.313. The molecular weight excluding hydrogens is 1140 g/mol. The van der Waals surface area contributed by atoms with E-state index in [1.165, 1.54) is 0 Å². The number of esters is 4. The zero-order valence-corrected chi connectivity index (χ0v) is 55.8. The van der Waals surface area contributed by atoms with Gasteiger partial charge in [0.15, 0.2) is 0 Å². The van der Waals surface area contributed by atoms with Crippen molar-refractivity contribution >= 4 is 48.7 Å². The highest BCUT2D eigenvalue weighted by molar-refractivity contribution is 5.89. The molecule has 4 atom stereocenters. The number of aromatic hydroxyl groups is 4. The number of carbonyl (C=O) groups is 4. The first kappa shape index (κ1) is 70.1. The lowest BCUT2D eigenvalue weighted by Gasteiger charge is -2.35. The fourth-order valence-electron chi connectivity index (χ4n) is 12.6. The Morgan fingerprint density at radius 1 is 0.367 bits per heavy atom. The summed E-state index contributed by atoms with van der Waals surface area (Å²) in [7, 11) is 0. The van der Waals surface area contributed by atoms with E-state index in [0.717, 1.165) is 64.2 Å². The molecule has 90 heavy (non-hydrogen) atoms. The summed E-state index contributed by atoms with van der Waals surface area (Å²) < 4.78 is 23.8. The predicted octanol–water partition coefficient (Wildman–Crippen LogP) is 16.1. The Kier molecular flexibility index (Phi) is 23.9. The molecule has 0 saturated heterocycles. The first-order chi connectivity index (χ1) is 42.5. The van der Waals surface area contributed by atoms with Crippen molar-refractivity contribution in [1.29, 1.82) is 0 Å². The van der Waals surface area contributed by atoms with E-state index < -0.39 is 45.5 Å². The molecule has 8 bridgehead atoms. The smallest absolute Gasteiger partial charge is 0.311 e. The van der Waals surface area contributed by atoms with Gasteiger partial charge in [0.1, 0.15) is 46.0 Å². The fraction of sp³-hybridized carbons (Fsp3) is 0.568. The minimum absolute atomic E-state index is 0.0322. The topological polar surface area (TPSA) is 236 Å². The molecule has 4 aromatic carbocycles. The number of carbonyl (C=O) groups excluding carboxylic acids is 4. The van der Waals surface area contributed by atoms with Crippen molar-refractivity contribution < 1.29 is 58.6 Å². The van der Waals surface area contributed by atoms with Crippen molar-refractivity contribution in [2.24, 2.45) is 25.9 Å². The van der Waals surface area contributed by atoms with Gasteiger partial charge >= 0.3 is 23.9 Å². The Hall–Kier alpha value is -7.36. The molecule has 0 amide bonds. The molecule has 4 N–H and O–H groups in total. The first-order valence-corrected chi connectivity index (χ1v) is 32.9. The minimum atomic E-state index is -0.522. The van der Waals surface area contributed by atoms with Gasteiger partial charge in [-0.3, -0.25) is 39.1 Å². The van der Waals surface area contributed by atoms with E-state index in [0.29, 0.717) is 88.8 Å². The van der Waals surface area contributed by atoms with E-state index in [2.05, 4.69) is 27.7 Å². The van der Waals surface area contributed by atoms with E-state index in [-0.39, 0.29) is 96.0 Å². The number of ether oxygens (including phenoxy) is 4. The first-order valence-electron chi connectivity index (χ1n) is 32.9. The molecule has 16 heteroatoms. The van der Waals surface area contributed by atoms with E-state index in [1.807, 2.05) is 62.3 Å². The van der Waals surface area contributed by atoms with Gasteiger partial charge in [0.25, 0.3) is 0 Å². The molecule has 7 rings (SSSR count). The third-order valence-electron chi connectivity index (χ3n) is 18.0. The number of aliphatic imine (C=N–C) groups is 4. The Labute approximate surface area is 534 Å². The van der Waals surface area contributed by atoms with Gasteiger partial charge in [-0.05, 0) is 127 Å². The van der Waals surface area contributed by atoms with Crippen molar-refractivity contribution in [3.8, 4) is 46.0 Å². The normalized spacial score (nSPS) is 20.6. The van der Waals surface area contributed by atoms with Crippen LogP contribution < -0.4 is 18.9 Å². The Morgan fingerprint density at radius 2 is 0.600 bits per heavy atom. The molecule has 1 aliphatic heterocycles. The third-order valence-corrected chi connectivity index (χ3v) is 18.0. The maximum atomic E-state index is 13.6. The summed E-state index contributed by atoms with van der Waals surface area (Å²) in [6.45, 7) is 26.2. The summed E-state index contributed by atoms with van der Waals surface area (Å²) in [5.41, 5.74) is 1.94. The van der Waals surface area contributed by atoms with Crippen molar-refractivity contribution in [2.75, 3.05) is 0 Å². The highest BCUT2D eigenvalue weighted by Crippen LogP contribution is 2.45. The van der Waals surface area contributed by atoms with Crippen LogP contribution in [0.2, 0.25) is 0 Å². The number of benzene rings is 4. The van der Waals surface area contributed by atoms with E-state index in [9.17, 15) is 39.6 Å². The molecule has 16 nitrogen and oxygen atoms in total. The minimum Gasteiger partial charge on any atom is -0.507 e. The molecule has 488 valence electrons. The van der Waals surface area contributed by atoms with Crippen molar-refractivity contribution in [3.63, 3.8) is 0 Å². The molecule has 2 aliphatic carbocycles. The number of fused-ring (bicyclic) bond motifs is 10. The van der Waals surface area contributed by atoms with Crippen LogP contribution in [0.4, 0.5) is 0 Å². The number of hydrogen-bond acceptors (Lipinski definition) is 16. The number of phenolic OH excluding ortho intramolecular Hbond substituents is 4. The maximum absolute atomic E-state index is 13.6. The number of nitrogens with zero attached hydrogens (tertiary/aromatic N) is 4. The van der Waals surface area contributed by atoms with E-state index in [1.54, 1.807) is 73.4 Å². The van der Waals surface area contributed by atoms with Gasteiger partial charge in [0.05, 0.1) is 24.2 Å². The van der Waals surface area contributed by atoms with Gasteiger partial charge in [-0.1, -0.05) is 141 Å². The van der Waals surface area contributed by atoms with Crippen LogP contribution in [0.1, 0.15) is 263 Å². The molecule has 3 aliphatic rings. The van der Waals surface area contributed by atoms with Gasteiger partial charge in [-0.25, -0.2) is 0 Å². The molecule has 2 saturated carbocycles. The summed E-state index contributed by atoms with van der Waals surface area (Å²) in [5, 5.41) is 47.0. The summed E-state index contributed by atoms with van der Waals surface area (Å²) in [4.78, 5) is 73.9. The maximum Gasteiger partial charge on any atom is 0.311 e. The summed E-state index contributed by atoms with van der Waals surface area (Å²) in [6, 6.07) is 12.2. The third kappa shape index (κ3) is 18.9. The lowest BCUT2D eigenvalue weighted by atomic mass is 9.70. The van der Waals surface area contributed by atoms with Gasteiger partial charge in [0.2, 0.25) is 0 Å². The van der Waals surface area contributed by atoms with Crippen LogP contribution in [0, 0.1) is 5.92 Å². The van der Waals surface area contributed by atoms with Crippen LogP contribution >= 0.6 is 0 Å². The van der Waals surface area contributed by atoms with Crippen LogP contribution in [0.5, 0.6) is 46.0 Å². The second-order valence-electron chi connectivity index (χ2n) is 28.6. The Balaban J connectivity index is 1.18. The summed E-state index contributed by atoms with van der Waals surface area (Å²) in [6.07, 6.45) is 18.2. The van der Waals surface area contributed by atoms with E-state index >= 15 is 0 Å². The van der Waals surface area contributed by atoms with Crippen LogP contribution in [0.25, 0.3) is 0 Å². The van der Waals surface area contributed by atoms with Crippen LogP contribution in [0.3, 0.4) is 0 Å². The van der Waals surface area contributed by atoms with Gasteiger partial charge < -0.3 is 39.4 Å². The van der Waals surface area contributed by atoms with Gasteiger partial charge in [0, 0.05) is 95.0 Å². The molecule has 4 aromatic rings. The SMILES string of the molecule is CCC(CC)C(C)(C)c1cc2cc(c1O)C=N[C@H]1CCCC[C@@H]1N=Cc1cc(cc(C(C)(C)C)c1O)OC(=O)CCCCCC(=O)Oc1cc(c(O)c(C(C)(C)C)c1)C=N[C@H]1CCCC[C@@H]1N=Cc1cc(cc(C(C)(C)C)c1O)OC(=O)CCCCCC(=O)O2. The largest absolute Gasteiger partial charge is 0.507 e. The Morgan fingerprint density at radius 3 is 0.833 bits per heavy atom. The van der Waals surface area contributed by atoms with Gasteiger partial charge in [-0.15, -0.1) is 0 Å². The van der Waals surface area contributed by atoms with Crippen LogP contribution in [-0.4, -0.2) is 93.3 Å². The van der Waals surface area contributed by atoms with Crippen molar-refractivity contribution in [2.45, 2.75) is 264 Å². The molecule has 0 aromatic heterocycles. The molecule has 1 heterocycles. The summed E-state index contributed by atoms with van der Waals surface area (Å²) >= 11 is 0. The lowest BCUT2D eigenvalue weighted by molar-refractivity contribution is -0.136. The van der Waals surface area contributed by atoms with Crippen LogP contribution in [-0.2, 0) is 40.8 Å². The van der Waals surface area contributed by atoms with Crippen molar-refractivity contribution in [3.05, 3.63) is 93.0 Å². The number of phenols is 4. The average molecular weight is 1240 g/mol. The average Bonchev–Trinajstić information content (AvgIpc) is 1.24. The highest BCUT2D eigenvalue weighted by Gasteiger charge is 2.34. The van der Waals surface area contributed by atoms with E-state index in [4.69, 9.17) is 38.9 Å². The van der Waals surface area contributed by atoms with Crippen LogP contribution in [0.15, 0.2) is 68.5 Å². The number of hydrogen-bond donors (Lipinski definition) is 4. The molecule has 0 radical (unpaired) electrons. The second-order valence-corrected chi connectivity index (χ2v) is 28.6. The molecule has 2 fully saturated rings. The van der Waals surface area contributed by atoms with Gasteiger partial charge in [-0.2, -0.15) is 0 Å². The van der Waals surface area contributed by atoms with Crippen molar-refractivity contribution in [1.82, 2.24) is 0 Å². The standard InChI is InChI=1S/C74H100N4O12/c1-14-50(15-2)74(12,13)58-41-54-37-49(70(58)86)45-78-62-29-25-24-28-61(62)77-44-48-36-53(40-57(69(48)85)73(9,10)11)88-64(80)31-19-16-18-30-63(79)87-51-34-46(67(83)55(38-51)71(3,4)5)42-75-59-26-22-23-27-60(59)76-43-47-35-52(39-56(68(47)84)72(6,7)8)89-65(81)32-20-17-21-33-66(82)90-54/h34-45,50,59-62,83-86H,14-33H2,1-13H3/t59-,60-,61-,62-/m0/s1. The molecule has 0 unspecified atom stereocenters. The lowest BCUT2D eigenvalue weighted by Crippen LogP contribution is -2.28. The molecular formula is C74H100N4O12. The quantitative estimate of drug-likeness (QED) is 0.110.